The van der Waals surface area contributed by atoms with Crippen molar-refractivity contribution >= 4 is 0 Å². The molecular weight excluding hydrogens is 232 g/mol. The summed E-state index contributed by atoms with van der Waals surface area (Å²) in [6, 6.07) is 11.5. The first-order valence-electron chi connectivity index (χ1n) is 7.65. The Hall–Kier alpha value is -0.860. The first-order valence-corrected chi connectivity index (χ1v) is 7.65. The van der Waals surface area contributed by atoms with Crippen LogP contribution in [-0.4, -0.2) is 30.6 Å². The van der Waals surface area contributed by atoms with Crippen LogP contribution in [0.1, 0.15) is 39.7 Å². The average molecular weight is 260 g/mol. The maximum absolute atomic E-state index is 3.78. The normalized spacial score (nSPS) is 30.2. The monoisotopic (exact) mass is 260 g/mol. The molecule has 1 fully saturated rings. The molecule has 0 radical (unpaired) electrons. The molecule has 0 aliphatic carbocycles. The van der Waals surface area contributed by atoms with Gasteiger partial charge in [-0.2, -0.15) is 0 Å². The second-order valence-corrected chi connectivity index (χ2v) is 6.05. The Morgan fingerprint density at radius 1 is 1.32 bits per heavy atom. The molecule has 0 spiro atoms. The predicted molar refractivity (Wildman–Crippen MR) is 82.3 cm³/mol. The van der Waals surface area contributed by atoms with Crippen LogP contribution < -0.4 is 5.32 Å². The average Bonchev–Trinajstić information content (AvgIpc) is 2.47. The van der Waals surface area contributed by atoms with Crippen LogP contribution >= 0.6 is 0 Å². The molecule has 2 rings (SSSR count). The molecule has 1 N–H and O–H groups in total. The smallest absolute Gasteiger partial charge is 0.0557 e. The minimum atomic E-state index is 0.125. The first kappa shape index (κ1) is 14.5. The van der Waals surface area contributed by atoms with Crippen LogP contribution in [0.4, 0.5) is 0 Å². The summed E-state index contributed by atoms with van der Waals surface area (Å²) in [6.07, 6.45) is 1.25. The third-order valence-corrected chi connectivity index (χ3v) is 4.93. The van der Waals surface area contributed by atoms with Gasteiger partial charge in [-0.05, 0) is 24.9 Å². The highest BCUT2D eigenvalue weighted by Crippen LogP contribution is 2.31. The summed E-state index contributed by atoms with van der Waals surface area (Å²) in [4.78, 5) is 2.63. The van der Waals surface area contributed by atoms with Gasteiger partial charge in [0.05, 0.1) is 5.54 Å². The summed E-state index contributed by atoms with van der Waals surface area (Å²) in [5.41, 5.74) is 1.55. The van der Waals surface area contributed by atoms with E-state index in [9.17, 15) is 0 Å². The van der Waals surface area contributed by atoms with Crippen molar-refractivity contribution < 1.29 is 0 Å². The van der Waals surface area contributed by atoms with Crippen molar-refractivity contribution in [3.05, 3.63) is 35.9 Å². The van der Waals surface area contributed by atoms with Crippen molar-refractivity contribution in [1.29, 1.82) is 0 Å². The van der Waals surface area contributed by atoms with E-state index in [1.165, 1.54) is 12.0 Å². The zero-order valence-corrected chi connectivity index (χ0v) is 12.8. The summed E-state index contributed by atoms with van der Waals surface area (Å²) >= 11 is 0. The minimum Gasteiger partial charge on any atom is -0.310 e. The van der Waals surface area contributed by atoms with Crippen LogP contribution in [0.5, 0.6) is 0 Å². The zero-order valence-electron chi connectivity index (χ0n) is 12.8. The number of hydrogen-bond donors (Lipinski definition) is 1. The molecule has 2 nitrogen and oxygen atoms in total. The quantitative estimate of drug-likeness (QED) is 0.894. The van der Waals surface area contributed by atoms with E-state index in [2.05, 4.69) is 68.2 Å². The highest BCUT2D eigenvalue weighted by Gasteiger charge is 2.39. The van der Waals surface area contributed by atoms with Crippen molar-refractivity contribution in [2.24, 2.45) is 5.92 Å². The number of hydrogen-bond acceptors (Lipinski definition) is 2. The number of benzene rings is 1. The molecule has 0 saturated carbocycles. The second-order valence-electron chi connectivity index (χ2n) is 6.05. The van der Waals surface area contributed by atoms with Crippen LogP contribution in [0.3, 0.4) is 0 Å². The number of nitrogens with one attached hydrogen (secondary N) is 1. The molecule has 106 valence electrons. The molecule has 0 aromatic heterocycles. The lowest BCUT2D eigenvalue weighted by atomic mass is 9.84. The van der Waals surface area contributed by atoms with E-state index in [1.54, 1.807) is 0 Å². The second kappa shape index (κ2) is 6.06. The summed E-state index contributed by atoms with van der Waals surface area (Å²) in [7, 11) is 0. The largest absolute Gasteiger partial charge is 0.310 e. The maximum atomic E-state index is 3.78. The molecule has 2 heteroatoms. The van der Waals surface area contributed by atoms with Gasteiger partial charge >= 0.3 is 0 Å². The molecule has 1 aliphatic heterocycles. The van der Waals surface area contributed by atoms with Crippen molar-refractivity contribution in [3.63, 3.8) is 0 Å². The van der Waals surface area contributed by atoms with Gasteiger partial charge in [0.2, 0.25) is 0 Å². The van der Waals surface area contributed by atoms with Gasteiger partial charge < -0.3 is 5.32 Å². The molecule has 3 unspecified atom stereocenters. The predicted octanol–water partition coefficient (Wildman–Crippen LogP) is 3.24. The van der Waals surface area contributed by atoms with Gasteiger partial charge in [-0.15, -0.1) is 0 Å². The van der Waals surface area contributed by atoms with Crippen LogP contribution in [0.15, 0.2) is 30.3 Å². The van der Waals surface area contributed by atoms with Crippen molar-refractivity contribution in [2.75, 3.05) is 19.6 Å². The van der Waals surface area contributed by atoms with Gasteiger partial charge in [-0.25, -0.2) is 0 Å². The minimum absolute atomic E-state index is 0.125. The number of likely N-dealkylation sites (N-methyl/N-ethyl adjacent to an activating group) is 1. The summed E-state index contributed by atoms with van der Waals surface area (Å²) in [6.45, 7) is 12.6. The highest BCUT2D eigenvalue weighted by atomic mass is 15.3. The Morgan fingerprint density at radius 3 is 2.58 bits per heavy atom. The van der Waals surface area contributed by atoms with E-state index in [-0.39, 0.29) is 5.54 Å². The van der Waals surface area contributed by atoms with E-state index in [4.69, 9.17) is 0 Å². The molecule has 1 heterocycles. The topological polar surface area (TPSA) is 15.3 Å². The lowest BCUT2D eigenvalue weighted by Crippen LogP contribution is -2.62. The fourth-order valence-electron chi connectivity index (χ4n) is 3.17. The molecule has 1 aliphatic rings. The van der Waals surface area contributed by atoms with Crippen LogP contribution in [-0.2, 0) is 5.54 Å². The Bertz CT molecular complexity index is 390. The van der Waals surface area contributed by atoms with Crippen LogP contribution in [0.25, 0.3) is 0 Å². The fraction of sp³-hybridized carbons (Fsp3) is 0.647. The lowest BCUT2D eigenvalue weighted by Gasteiger charge is -2.49. The molecule has 0 bridgehead atoms. The maximum Gasteiger partial charge on any atom is 0.0557 e. The third-order valence-electron chi connectivity index (χ3n) is 4.93. The number of rotatable bonds is 4. The first-order chi connectivity index (χ1) is 9.11. The van der Waals surface area contributed by atoms with Gasteiger partial charge in [0.1, 0.15) is 0 Å². The van der Waals surface area contributed by atoms with Gasteiger partial charge in [-0.1, -0.05) is 57.5 Å². The zero-order chi connectivity index (χ0) is 13.9. The molecule has 1 saturated heterocycles. The SMILES string of the molecule is CCC(C)C1CN(CC)C(C)(c2ccccc2)CN1. The summed E-state index contributed by atoms with van der Waals surface area (Å²) in [5.74, 6) is 0.745. The molecule has 3 atom stereocenters. The lowest BCUT2D eigenvalue weighted by molar-refractivity contribution is 0.0415. The van der Waals surface area contributed by atoms with E-state index in [0.29, 0.717) is 6.04 Å². The van der Waals surface area contributed by atoms with Crippen molar-refractivity contribution in [1.82, 2.24) is 10.2 Å². The fourth-order valence-corrected chi connectivity index (χ4v) is 3.17. The van der Waals surface area contributed by atoms with E-state index >= 15 is 0 Å². The van der Waals surface area contributed by atoms with Crippen molar-refractivity contribution in [3.8, 4) is 0 Å². The van der Waals surface area contributed by atoms with Gasteiger partial charge in [-0.3, -0.25) is 4.90 Å². The van der Waals surface area contributed by atoms with E-state index in [0.717, 1.165) is 25.6 Å². The molecule has 1 aromatic carbocycles. The van der Waals surface area contributed by atoms with E-state index < -0.39 is 0 Å². The highest BCUT2D eigenvalue weighted by molar-refractivity contribution is 5.25. The molecule has 1 aromatic rings. The van der Waals surface area contributed by atoms with Crippen molar-refractivity contribution in [2.45, 2.75) is 45.7 Å². The van der Waals surface area contributed by atoms with Gasteiger partial charge in [0, 0.05) is 19.1 Å². The van der Waals surface area contributed by atoms with Gasteiger partial charge in [0.15, 0.2) is 0 Å². The van der Waals surface area contributed by atoms with Crippen LogP contribution in [0.2, 0.25) is 0 Å². The Labute approximate surface area is 118 Å². The molecule has 19 heavy (non-hydrogen) atoms. The molecular formula is C17H28N2. The van der Waals surface area contributed by atoms with Crippen LogP contribution in [0, 0.1) is 5.92 Å². The Balaban J connectivity index is 2.19. The Kier molecular flexibility index (Phi) is 4.64. The standard InChI is InChI=1S/C17H28N2/c1-5-14(3)16-12-19(6-2)17(4,13-18-16)15-10-8-7-9-11-15/h7-11,14,16,18H,5-6,12-13H2,1-4H3. The number of piperazine rings is 1. The van der Waals surface area contributed by atoms with Gasteiger partial charge in [0.25, 0.3) is 0 Å². The number of nitrogens with zero attached hydrogens (tertiary/aromatic N) is 1. The molecule has 0 amide bonds. The Morgan fingerprint density at radius 2 is 2.00 bits per heavy atom. The summed E-state index contributed by atoms with van der Waals surface area (Å²) < 4.78 is 0. The van der Waals surface area contributed by atoms with E-state index in [1.807, 2.05) is 0 Å². The summed E-state index contributed by atoms with van der Waals surface area (Å²) in [5, 5.41) is 3.78. The third kappa shape index (κ3) is 2.85.